The molecule has 0 spiro atoms. The van der Waals surface area contributed by atoms with Gasteiger partial charge in [-0.25, -0.2) is 0 Å². The molecule has 2 aliphatic heterocycles. The number of nitrogens with zero attached hydrogens (tertiary/aromatic N) is 2. The maximum absolute atomic E-state index is 13.3. The Balaban J connectivity index is 0.000000621. The summed E-state index contributed by atoms with van der Waals surface area (Å²) in [5.74, 6) is 0.306. The first-order chi connectivity index (χ1) is 29.2. The number of rotatable bonds is 4. The Labute approximate surface area is 473 Å². The zero-order valence-electron chi connectivity index (χ0n) is 42.8. The minimum atomic E-state index is -0.198. The molecule has 14 heteroatoms. The molecule has 0 radical (unpaired) electrons. The van der Waals surface area contributed by atoms with Crippen molar-refractivity contribution in [2.45, 2.75) is 118 Å². The molecule has 12 nitrogen and oxygen atoms in total. The van der Waals surface area contributed by atoms with Gasteiger partial charge in [-0.2, -0.15) is 0 Å². The molecule has 0 N–H and O–H groups in total. The number of benzene rings is 2. The molecule has 0 aromatic heterocycles. The summed E-state index contributed by atoms with van der Waals surface area (Å²) in [5.41, 5.74) is 5.43. The Bertz CT molecular complexity index is 1420. The van der Waals surface area contributed by atoms with Crippen LogP contribution in [0.25, 0.3) is 0 Å². The zero-order chi connectivity index (χ0) is 45.8. The quantitative estimate of drug-likeness (QED) is 0.397. The molecule has 2 fully saturated rings. The van der Waals surface area contributed by atoms with Crippen molar-refractivity contribution >= 4 is 0 Å². The van der Waals surface area contributed by atoms with Gasteiger partial charge in [-0.1, -0.05) is 107 Å². The zero-order valence-corrected chi connectivity index (χ0v) is 49.1. The van der Waals surface area contributed by atoms with Crippen molar-refractivity contribution in [1.82, 2.24) is 9.80 Å². The summed E-state index contributed by atoms with van der Waals surface area (Å²) in [7, 11) is 0. The van der Waals surface area contributed by atoms with Gasteiger partial charge in [-0.05, 0) is 55.0 Å². The first-order valence-corrected chi connectivity index (χ1v) is 22.9. The van der Waals surface area contributed by atoms with Crippen LogP contribution in [0.15, 0.2) is 24.3 Å². The van der Waals surface area contributed by atoms with Crippen LogP contribution in [0.3, 0.4) is 0 Å². The van der Waals surface area contributed by atoms with Crippen LogP contribution in [0.4, 0.5) is 0 Å². The Morgan fingerprint density at radius 3 is 0.781 bits per heavy atom. The van der Waals surface area contributed by atoms with Gasteiger partial charge in [0.2, 0.25) is 0 Å². The van der Waals surface area contributed by atoms with Gasteiger partial charge in [0.05, 0.1) is 106 Å². The SMILES string of the molecule is CC(C)(C)c1cc(CN2CCOCCOCCOCCOCC2)c([O-])c(C(C)(C)C)c1.CC(C)(C)c1cc(CN2CCOCCOCCOCCOCC2)c([O-])c(C(C)(C)C)c1.[K+].[K+]. The fourth-order valence-corrected chi connectivity index (χ4v) is 6.91. The average Bonchev–Trinajstić information content (AvgIpc) is 3.19. The van der Waals surface area contributed by atoms with E-state index in [2.05, 4.69) is 117 Å². The second-order valence-electron chi connectivity index (χ2n) is 20.5. The van der Waals surface area contributed by atoms with Gasteiger partial charge >= 0.3 is 103 Å². The molecule has 0 saturated carbocycles. The van der Waals surface area contributed by atoms with Crippen molar-refractivity contribution in [3.05, 3.63) is 57.6 Å². The van der Waals surface area contributed by atoms with Crippen molar-refractivity contribution in [3.8, 4) is 11.5 Å². The second kappa shape index (κ2) is 32.0. The van der Waals surface area contributed by atoms with Crippen molar-refractivity contribution in [2.24, 2.45) is 0 Å². The molecule has 64 heavy (non-hydrogen) atoms. The molecule has 0 bridgehead atoms. The van der Waals surface area contributed by atoms with Crippen LogP contribution in [0.2, 0.25) is 0 Å². The van der Waals surface area contributed by atoms with Gasteiger partial charge in [0.25, 0.3) is 0 Å². The average molecular weight is 951 g/mol. The molecule has 0 unspecified atom stereocenters. The third-order valence-electron chi connectivity index (χ3n) is 10.9. The van der Waals surface area contributed by atoms with Crippen LogP contribution in [0.1, 0.15) is 116 Å². The van der Waals surface area contributed by atoms with Gasteiger partial charge in [-0.15, -0.1) is 11.5 Å². The molecule has 0 aliphatic carbocycles. The molecule has 4 rings (SSSR count). The van der Waals surface area contributed by atoms with Crippen molar-refractivity contribution in [2.75, 3.05) is 132 Å². The van der Waals surface area contributed by atoms with Crippen LogP contribution in [-0.4, -0.2) is 142 Å². The van der Waals surface area contributed by atoms with Crippen LogP contribution in [0.5, 0.6) is 11.5 Å². The predicted octanol–water partition coefficient (Wildman–Crippen LogP) is 0.482. The summed E-state index contributed by atoms with van der Waals surface area (Å²) in [4.78, 5) is 4.49. The molecule has 2 heterocycles. The van der Waals surface area contributed by atoms with E-state index in [0.29, 0.717) is 119 Å². The summed E-state index contributed by atoms with van der Waals surface area (Å²) < 4.78 is 44.9. The second-order valence-corrected chi connectivity index (χ2v) is 20.5. The monoisotopic (exact) mass is 951 g/mol. The molecule has 0 atom stereocenters. The van der Waals surface area contributed by atoms with E-state index in [-0.39, 0.29) is 136 Å². The first-order valence-electron chi connectivity index (χ1n) is 22.9. The molecular formula is C50H84K2N2O10. The fourth-order valence-electron chi connectivity index (χ4n) is 6.91. The topological polar surface area (TPSA) is 126 Å². The van der Waals surface area contributed by atoms with Gasteiger partial charge in [0.1, 0.15) is 0 Å². The molecule has 0 amide bonds. The molecule has 356 valence electrons. The van der Waals surface area contributed by atoms with Crippen LogP contribution in [-0.2, 0) is 72.6 Å². The van der Waals surface area contributed by atoms with Crippen molar-refractivity contribution < 1.29 is 151 Å². The molecule has 2 aliphatic rings. The van der Waals surface area contributed by atoms with E-state index >= 15 is 0 Å². The Morgan fingerprint density at radius 1 is 0.359 bits per heavy atom. The van der Waals surface area contributed by atoms with Crippen LogP contribution < -0.4 is 113 Å². The standard InChI is InChI=1S/2C25H43NO5.2K/c2*1-24(2,3)21-17-20(23(27)22(18-21)25(4,5)6)19-26-7-9-28-11-13-30-15-16-31-14-12-29-10-8-26;;/h2*17-18,27H,7-16,19H2,1-6H3;;/q;;2*+1/p-2. The summed E-state index contributed by atoms with van der Waals surface area (Å²) in [5, 5.41) is 26.7. The summed E-state index contributed by atoms with van der Waals surface area (Å²) in [6, 6.07) is 8.39. The van der Waals surface area contributed by atoms with E-state index in [1.165, 1.54) is 11.1 Å². The Hall–Kier alpha value is 0.913. The molecule has 2 aromatic rings. The molecular weight excluding hydrogens is 867 g/mol. The normalized spacial score (nSPS) is 18.9. The van der Waals surface area contributed by atoms with Crippen molar-refractivity contribution in [3.63, 3.8) is 0 Å². The minimum absolute atomic E-state index is 0. The summed E-state index contributed by atoms with van der Waals surface area (Å²) in [6.07, 6.45) is 0. The van der Waals surface area contributed by atoms with Gasteiger partial charge < -0.3 is 48.1 Å². The summed E-state index contributed by atoms with van der Waals surface area (Å²) >= 11 is 0. The van der Waals surface area contributed by atoms with Gasteiger partial charge in [0, 0.05) is 39.3 Å². The Morgan fingerprint density at radius 2 is 0.578 bits per heavy atom. The largest absolute Gasteiger partial charge is 1.00 e. The number of hydrogen-bond donors (Lipinski definition) is 0. The Kier molecular flexibility index (Phi) is 31.5. The summed E-state index contributed by atoms with van der Waals surface area (Å²) in [6.45, 7) is 39.1. The van der Waals surface area contributed by atoms with Crippen molar-refractivity contribution in [1.29, 1.82) is 0 Å². The number of ether oxygens (including phenoxy) is 8. The van der Waals surface area contributed by atoms with Gasteiger partial charge in [0.15, 0.2) is 0 Å². The van der Waals surface area contributed by atoms with Gasteiger partial charge in [-0.3, -0.25) is 9.80 Å². The fraction of sp³-hybridized carbons (Fsp3) is 0.760. The van der Waals surface area contributed by atoms with Crippen LogP contribution >= 0.6 is 0 Å². The molecule has 2 saturated heterocycles. The van der Waals surface area contributed by atoms with E-state index in [1.807, 2.05) is 0 Å². The van der Waals surface area contributed by atoms with E-state index < -0.39 is 0 Å². The molecule has 2 aromatic carbocycles. The number of hydrogen-bond acceptors (Lipinski definition) is 12. The maximum Gasteiger partial charge on any atom is 1.00 e. The van der Waals surface area contributed by atoms with E-state index in [9.17, 15) is 10.2 Å². The first kappa shape index (κ1) is 62.9. The smallest absolute Gasteiger partial charge is 0.872 e. The third kappa shape index (κ3) is 24.6. The minimum Gasteiger partial charge on any atom is -0.872 e. The maximum atomic E-state index is 13.3. The van der Waals surface area contributed by atoms with E-state index in [0.717, 1.165) is 48.4 Å². The van der Waals surface area contributed by atoms with E-state index in [1.54, 1.807) is 0 Å². The predicted molar refractivity (Wildman–Crippen MR) is 244 cm³/mol. The third-order valence-corrected chi connectivity index (χ3v) is 10.9. The van der Waals surface area contributed by atoms with E-state index in [4.69, 9.17) is 37.9 Å². The van der Waals surface area contributed by atoms with Crippen LogP contribution in [0, 0.1) is 0 Å².